The lowest BCUT2D eigenvalue weighted by Gasteiger charge is -2.35. The summed E-state index contributed by atoms with van der Waals surface area (Å²) in [6.07, 6.45) is 9.24. The number of imidazole rings is 1. The molecule has 3 aliphatic rings. The molecule has 19 heteroatoms. The maximum Gasteiger partial charge on any atom is 0.248 e. The molecule has 0 bridgehead atoms. The van der Waals surface area contributed by atoms with E-state index in [2.05, 4.69) is 49.7 Å². The number of thiophene rings is 1. The first-order valence-electron chi connectivity index (χ1n) is 24.3. The normalized spacial score (nSPS) is 20.2. The number of carbonyl (C=O) groups excluding carboxylic acids is 3. The zero-order valence-electron chi connectivity index (χ0n) is 41.2. The van der Waals surface area contributed by atoms with Crippen molar-refractivity contribution in [2.45, 2.75) is 110 Å². The van der Waals surface area contributed by atoms with Crippen molar-refractivity contribution < 1.29 is 24.2 Å². The quantitative estimate of drug-likeness (QED) is 0.0975. The zero-order valence-corrected chi connectivity index (χ0v) is 42.7. The number of likely N-dealkylation sites (tertiary alicyclic amines) is 1. The Balaban J connectivity index is 0.762. The van der Waals surface area contributed by atoms with Gasteiger partial charge in [0, 0.05) is 102 Å². The van der Waals surface area contributed by atoms with Crippen LogP contribution in [0.2, 0.25) is 5.02 Å². The second-order valence-electron chi connectivity index (χ2n) is 19.5. The lowest BCUT2D eigenvalue weighted by molar-refractivity contribution is -0.142. The number of hydrogen-bond donors (Lipinski definition) is 3. The van der Waals surface area contributed by atoms with Crippen LogP contribution in [0.3, 0.4) is 0 Å². The van der Waals surface area contributed by atoms with Gasteiger partial charge in [-0.25, -0.2) is 9.97 Å². The van der Waals surface area contributed by atoms with Gasteiger partial charge in [0.2, 0.25) is 23.6 Å². The summed E-state index contributed by atoms with van der Waals surface area (Å²) in [4.78, 5) is 58.8. The summed E-state index contributed by atoms with van der Waals surface area (Å²) in [6.45, 7) is 11.9. The van der Waals surface area contributed by atoms with E-state index in [-0.39, 0.29) is 61.2 Å². The van der Waals surface area contributed by atoms with E-state index < -0.39 is 24.2 Å². The highest BCUT2D eigenvalue weighted by Gasteiger charge is 2.43. The second-order valence-corrected chi connectivity index (χ2v) is 21.1. The number of aryl methyl sites for hydroxylation is 3. The first kappa shape index (κ1) is 48.6. The average molecular weight is 1010 g/mol. The zero-order chi connectivity index (χ0) is 50.5. The van der Waals surface area contributed by atoms with Crippen molar-refractivity contribution in [1.82, 2.24) is 54.6 Å². The molecule has 372 valence electrons. The summed E-state index contributed by atoms with van der Waals surface area (Å²) in [5.41, 5.74) is 7.25. The number of aromatic nitrogens is 8. The molecule has 2 aromatic carbocycles. The van der Waals surface area contributed by atoms with Crippen LogP contribution in [0.1, 0.15) is 103 Å². The smallest absolute Gasteiger partial charge is 0.248 e. The largest absolute Gasteiger partial charge is 0.474 e. The number of nitrogens with zero attached hydrogens (tertiary/aromatic N) is 10. The number of ether oxygens (including phenoxy) is 1. The summed E-state index contributed by atoms with van der Waals surface area (Å²) in [5, 5.41) is 32.3. The Morgan fingerprint density at radius 3 is 2.39 bits per heavy atom. The fourth-order valence-electron chi connectivity index (χ4n) is 9.98. The van der Waals surface area contributed by atoms with Gasteiger partial charge in [-0.15, -0.1) is 21.5 Å². The number of halogens is 1. The first-order valence-corrected chi connectivity index (χ1v) is 25.5. The molecule has 7 heterocycles. The monoisotopic (exact) mass is 1010 g/mol. The molecule has 0 spiro atoms. The summed E-state index contributed by atoms with van der Waals surface area (Å²) in [7, 11) is 1.94. The van der Waals surface area contributed by atoms with E-state index >= 15 is 0 Å². The number of pyridine rings is 1. The Morgan fingerprint density at radius 2 is 1.67 bits per heavy atom. The highest BCUT2D eigenvalue weighted by Crippen LogP contribution is 2.40. The van der Waals surface area contributed by atoms with E-state index in [4.69, 9.17) is 21.3 Å². The first-order chi connectivity index (χ1) is 34.6. The average Bonchev–Trinajstić information content (AvgIpc) is 4.19. The third kappa shape index (κ3) is 9.57. The van der Waals surface area contributed by atoms with E-state index in [1.165, 1.54) is 9.78 Å². The molecule has 2 fully saturated rings. The van der Waals surface area contributed by atoms with Gasteiger partial charge in [0.05, 0.1) is 30.5 Å². The summed E-state index contributed by atoms with van der Waals surface area (Å²) in [5.74, 6) is 1.67. The maximum atomic E-state index is 14.4. The number of hydrogen-bond acceptors (Lipinski definition) is 12. The number of carbonyl (C=O) groups is 3. The molecule has 1 unspecified atom stereocenters. The van der Waals surface area contributed by atoms with Gasteiger partial charge < -0.3 is 29.9 Å². The summed E-state index contributed by atoms with van der Waals surface area (Å²) >= 11 is 7.95. The fraction of sp³-hybridized carbons (Fsp3) is 0.377. The summed E-state index contributed by atoms with van der Waals surface area (Å²) in [6, 6.07) is 16.6. The molecular formula is C53H57ClN12O5S. The predicted molar refractivity (Wildman–Crippen MR) is 274 cm³/mol. The highest BCUT2D eigenvalue weighted by molar-refractivity contribution is 7.15. The van der Waals surface area contributed by atoms with Gasteiger partial charge in [0.25, 0.3) is 0 Å². The molecule has 1 saturated heterocycles. The van der Waals surface area contributed by atoms with Gasteiger partial charge >= 0.3 is 0 Å². The number of fused-ring (bicyclic) bond motifs is 3. The number of nitrogens with one attached hydrogen (secondary N) is 2. The molecule has 10 rings (SSSR count). The fourth-order valence-corrected chi connectivity index (χ4v) is 11.3. The van der Waals surface area contributed by atoms with E-state index in [1.807, 2.05) is 117 Å². The Labute approximate surface area is 426 Å². The molecule has 1 aliphatic carbocycles. The van der Waals surface area contributed by atoms with E-state index in [9.17, 15) is 19.5 Å². The third-order valence-corrected chi connectivity index (χ3v) is 15.5. The van der Waals surface area contributed by atoms with E-state index in [0.29, 0.717) is 29.6 Å². The van der Waals surface area contributed by atoms with Crippen molar-refractivity contribution in [2.24, 2.45) is 18.0 Å². The number of amides is 3. The molecule has 72 heavy (non-hydrogen) atoms. The van der Waals surface area contributed by atoms with Crippen molar-refractivity contribution in [3.8, 4) is 33.4 Å². The Hall–Kier alpha value is -7.02. The molecule has 1 saturated carbocycles. The lowest BCUT2D eigenvalue weighted by Crippen LogP contribution is -2.49. The standard InChI is InChI=1S/C53H57ClN12O5S/c1-28(2)48(52(70)64-27-40(67)23-43(64)51(69)58-30(4)33-8-10-35(11-9-33)49-56-18-19-63(49)7)65-26-37(25-57-65)36-16-17-55-45(20-36)71-41-21-39(22-41)59-44(68)24-42-50-62-61-32(6)66(50)53-46(29(3)31(5)72-53)47(60-42)34-12-14-38(54)15-13-34/h8-20,25-26,28,30,39-43,48,67H,21-24,27H2,1-7H3,(H,58,69)(H,59,68)/t30-,39-,40+,41+,42-,43-,48?/m0/s1. The van der Waals surface area contributed by atoms with Crippen LogP contribution in [0.4, 0.5) is 0 Å². The van der Waals surface area contributed by atoms with Crippen LogP contribution in [0.25, 0.3) is 27.5 Å². The van der Waals surface area contributed by atoms with Crippen molar-refractivity contribution in [1.29, 1.82) is 0 Å². The van der Waals surface area contributed by atoms with Crippen LogP contribution < -0.4 is 15.4 Å². The molecule has 5 atom stereocenters. The van der Waals surface area contributed by atoms with Crippen molar-refractivity contribution in [3.05, 3.63) is 135 Å². The number of aliphatic hydroxyl groups excluding tert-OH is 1. The van der Waals surface area contributed by atoms with Gasteiger partial charge in [-0.1, -0.05) is 61.8 Å². The van der Waals surface area contributed by atoms with Crippen LogP contribution in [0.15, 0.2) is 96.6 Å². The molecule has 3 N–H and O–H groups in total. The second kappa shape index (κ2) is 19.9. The van der Waals surface area contributed by atoms with Gasteiger partial charge in [0.15, 0.2) is 5.82 Å². The van der Waals surface area contributed by atoms with Crippen LogP contribution in [-0.4, -0.2) is 103 Å². The van der Waals surface area contributed by atoms with Gasteiger partial charge in [-0.05, 0) is 68.5 Å². The molecule has 3 amide bonds. The molecule has 5 aromatic heterocycles. The minimum Gasteiger partial charge on any atom is -0.474 e. The number of benzene rings is 2. The van der Waals surface area contributed by atoms with E-state index in [0.717, 1.165) is 61.3 Å². The van der Waals surface area contributed by atoms with Crippen molar-refractivity contribution >= 4 is 46.4 Å². The topological polar surface area (TPSA) is 200 Å². The van der Waals surface area contributed by atoms with Crippen LogP contribution >= 0.6 is 22.9 Å². The van der Waals surface area contributed by atoms with Crippen LogP contribution in [0, 0.1) is 26.7 Å². The highest BCUT2D eigenvalue weighted by atomic mass is 35.5. The molecule has 7 aromatic rings. The predicted octanol–water partition coefficient (Wildman–Crippen LogP) is 7.61. The Morgan fingerprint density at radius 1 is 0.917 bits per heavy atom. The van der Waals surface area contributed by atoms with Crippen LogP contribution in [0.5, 0.6) is 5.88 Å². The maximum absolute atomic E-state index is 14.4. The van der Waals surface area contributed by atoms with Gasteiger partial charge in [0.1, 0.15) is 40.9 Å². The minimum atomic E-state index is -0.849. The number of aliphatic hydroxyl groups is 1. The molecular weight excluding hydrogens is 952 g/mol. The number of rotatable bonds is 14. The Kier molecular flexibility index (Phi) is 13.4. The molecule has 0 radical (unpaired) electrons. The van der Waals surface area contributed by atoms with Gasteiger partial charge in [-0.3, -0.25) is 28.6 Å². The van der Waals surface area contributed by atoms with Gasteiger partial charge in [-0.2, -0.15) is 5.10 Å². The van der Waals surface area contributed by atoms with E-state index in [1.54, 1.807) is 34.6 Å². The SMILES string of the molecule is Cc1sc2c(c1C)C(c1ccc(Cl)cc1)=N[C@@H](CC(=O)N[C@H]1C[C@@H](Oc3cc(-c4cnn(C(C(=O)N5C[C@H](O)C[C@H]5C(=O)N[C@@H](C)c5ccc(-c6nccn6C)cc5)C(C)C)c4)ccn3)C1)c1nnc(C)n1-2. The van der Waals surface area contributed by atoms with Crippen molar-refractivity contribution in [2.75, 3.05) is 6.54 Å². The summed E-state index contributed by atoms with van der Waals surface area (Å²) < 4.78 is 11.9. The number of β-amino-alcohol motifs (C(OH)–C–C–N with tert-alkyl or cyclic N) is 1. The minimum absolute atomic E-state index is 0.0402. The number of aliphatic imine (C=N–C) groups is 1. The Bertz CT molecular complexity index is 3190. The van der Waals surface area contributed by atoms with Crippen LogP contribution in [-0.2, 0) is 21.4 Å². The molecule has 2 aliphatic heterocycles. The lowest BCUT2D eigenvalue weighted by atomic mass is 9.89. The van der Waals surface area contributed by atoms with Crippen molar-refractivity contribution in [3.63, 3.8) is 0 Å². The molecule has 17 nitrogen and oxygen atoms in total. The third-order valence-electron chi connectivity index (χ3n) is 14.0.